The summed E-state index contributed by atoms with van der Waals surface area (Å²) in [5.74, 6) is -3.44. The molecule has 0 aliphatic heterocycles. The average Bonchev–Trinajstić information content (AvgIpc) is 2.70. The van der Waals surface area contributed by atoms with Crippen LogP contribution in [-0.2, 0) is 14.2 Å². The molecule has 0 bridgehead atoms. The molecule has 0 saturated carbocycles. The Hall–Kier alpha value is -0.690. The Morgan fingerprint density at radius 1 is 1.67 bits per heavy atom. The molecule has 1 N–H and O–H groups in total. The number of halogens is 2. The van der Waals surface area contributed by atoms with E-state index in [0.29, 0.717) is 12.9 Å². The number of oxime groups is 1. The smallest absolute Gasteiger partial charge is 0.345 e. The molecule has 0 spiro atoms. The second-order valence-electron chi connectivity index (χ2n) is 2.92. The van der Waals surface area contributed by atoms with E-state index >= 15 is 0 Å². The van der Waals surface area contributed by atoms with Crippen LogP contribution in [0.15, 0.2) is 5.16 Å². The van der Waals surface area contributed by atoms with Crippen LogP contribution >= 0.6 is 40.0 Å². The van der Waals surface area contributed by atoms with Crippen molar-refractivity contribution in [3.63, 3.8) is 0 Å². The van der Waals surface area contributed by atoms with Gasteiger partial charge in [-0.2, -0.15) is 9.36 Å². The molecule has 0 atom stereocenters. The Bertz CT molecular complexity index is 489. The number of anilines is 1. The van der Waals surface area contributed by atoms with E-state index < -0.39 is 6.00 Å². The molecule has 18 heavy (non-hydrogen) atoms. The van der Waals surface area contributed by atoms with E-state index in [4.69, 9.17) is 27.3 Å². The van der Waals surface area contributed by atoms with Gasteiger partial charge in [0.25, 0.3) is 0 Å². The van der Waals surface area contributed by atoms with Crippen LogP contribution in [0.5, 0.6) is 0 Å². The third kappa shape index (κ3) is 5.30. The van der Waals surface area contributed by atoms with Gasteiger partial charge in [0.1, 0.15) is 6.61 Å². The van der Waals surface area contributed by atoms with Crippen molar-refractivity contribution in [1.82, 2.24) is 9.36 Å². The van der Waals surface area contributed by atoms with Crippen molar-refractivity contribution in [2.24, 2.45) is 5.16 Å². The van der Waals surface area contributed by atoms with E-state index in [1.807, 2.05) is 6.92 Å². The van der Waals surface area contributed by atoms with Gasteiger partial charge in [0.2, 0.25) is 5.13 Å². The van der Waals surface area contributed by atoms with Crippen molar-refractivity contribution in [1.29, 1.82) is 0 Å². The zero-order valence-corrected chi connectivity index (χ0v) is 12.4. The summed E-state index contributed by atoms with van der Waals surface area (Å²) in [6.45, 7) is 2.28. The molecular weight excluding hydrogens is 322 g/mol. The number of hydrogen-bond acceptors (Lipinski definition) is 7. The van der Waals surface area contributed by atoms with Crippen LogP contribution in [-0.4, -0.2) is 28.0 Å². The van der Waals surface area contributed by atoms with E-state index in [2.05, 4.69) is 19.6 Å². The summed E-state index contributed by atoms with van der Waals surface area (Å²) >= 11 is 11.5. The zero-order chi connectivity index (χ0) is 13.6. The maximum atomic E-state index is 11.1. The second-order valence-corrected chi connectivity index (χ2v) is 8.20. The predicted octanol–water partition coefficient (Wildman–Crippen LogP) is 2.87. The molecule has 1 heterocycles. The van der Waals surface area contributed by atoms with Gasteiger partial charge in [-0.3, -0.25) is 14.4 Å². The Morgan fingerprint density at radius 2 is 2.39 bits per heavy atom. The molecule has 0 aliphatic rings. The summed E-state index contributed by atoms with van der Waals surface area (Å²) in [7, 11) is 0. The van der Waals surface area contributed by atoms with Crippen LogP contribution in [0.2, 0.25) is 0 Å². The van der Waals surface area contributed by atoms with Gasteiger partial charge in [-0.1, -0.05) is 12.1 Å². The normalized spacial score (nSPS) is 12.3. The number of aldehydes is 1. The van der Waals surface area contributed by atoms with Gasteiger partial charge in [-0.25, -0.2) is 0 Å². The van der Waals surface area contributed by atoms with Gasteiger partial charge >= 0.3 is 6.00 Å². The fraction of sp³-hybridized carbons (Fsp3) is 0.429. The number of nitrogens with one attached hydrogen (secondary N) is 1. The first-order valence-electron chi connectivity index (χ1n) is 4.73. The van der Waals surface area contributed by atoms with Crippen LogP contribution < -0.4 is 5.09 Å². The maximum absolute atomic E-state index is 11.1. The number of nitrogens with zero attached hydrogens (tertiary/aromatic N) is 3. The highest BCUT2D eigenvalue weighted by molar-refractivity contribution is 8.09. The number of carbonyl (C=O) groups excluding carboxylic acids is 1. The SMILES string of the molecule is CCCON=C(C=O)c1nsc(NP(=O)(Cl)Cl)n1. The monoisotopic (exact) mass is 330 g/mol. The first-order chi connectivity index (χ1) is 8.46. The minimum atomic E-state index is -3.50. The molecule has 1 aromatic rings. The van der Waals surface area contributed by atoms with Crippen LogP contribution in [0, 0.1) is 0 Å². The molecule has 0 radical (unpaired) electrons. The van der Waals surface area contributed by atoms with Gasteiger partial charge in [0.05, 0.1) is 0 Å². The molecule has 0 unspecified atom stereocenters. The largest absolute Gasteiger partial charge is 0.395 e. The van der Waals surface area contributed by atoms with Crippen molar-refractivity contribution < 1.29 is 14.2 Å². The summed E-state index contributed by atoms with van der Waals surface area (Å²) in [6.07, 6.45) is 1.22. The number of carbonyl (C=O) groups is 1. The molecular formula is C7H9Cl2N4O3PS. The highest BCUT2D eigenvalue weighted by Gasteiger charge is 2.18. The highest BCUT2D eigenvalue weighted by atomic mass is 35.9. The van der Waals surface area contributed by atoms with Crippen molar-refractivity contribution in [2.45, 2.75) is 13.3 Å². The Balaban J connectivity index is 2.79. The Labute approximate surface area is 117 Å². The Kier molecular flexibility index (Phi) is 6.01. The number of hydrogen-bond donors (Lipinski definition) is 1. The second kappa shape index (κ2) is 7.04. The fourth-order valence-corrected chi connectivity index (χ4v) is 2.84. The van der Waals surface area contributed by atoms with Gasteiger partial charge in [-0.15, -0.1) is 0 Å². The summed E-state index contributed by atoms with van der Waals surface area (Å²) < 4.78 is 14.9. The third-order valence-electron chi connectivity index (χ3n) is 1.45. The van der Waals surface area contributed by atoms with Crippen LogP contribution in [0.3, 0.4) is 0 Å². The minimum Gasteiger partial charge on any atom is -0.395 e. The first-order valence-corrected chi connectivity index (χ1v) is 9.02. The molecule has 0 aliphatic carbocycles. The number of aromatic nitrogens is 2. The minimum absolute atomic E-state index is 0.0513. The molecule has 7 nitrogen and oxygen atoms in total. The molecule has 0 aromatic carbocycles. The van der Waals surface area contributed by atoms with E-state index in [9.17, 15) is 9.36 Å². The standard InChI is InChI=1S/C7H9Cl2N4O3PS/c1-2-3-16-11-5(4-14)6-10-7(18-13-6)12-17(8,9)15/h4H,2-3H2,1H3,(H,10,12,13,15). The molecule has 1 rings (SSSR count). The van der Waals surface area contributed by atoms with E-state index in [0.717, 1.165) is 18.0 Å². The summed E-state index contributed by atoms with van der Waals surface area (Å²) in [6, 6.07) is 0. The fourth-order valence-electron chi connectivity index (χ4n) is 0.806. The van der Waals surface area contributed by atoms with Gasteiger partial charge in [0, 0.05) is 11.5 Å². The molecule has 11 heteroatoms. The third-order valence-corrected chi connectivity index (χ3v) is 3.21. The summed E-state index contributed by atoms with van der Waals surface area (Å²) in [5, 5.41) is 5.97. The first kappa shape index (κ1) is 15.4. The van der Waals surface area contributed by atoms with Gasteiger partial charge < -0.3 is 4.84 Å². The van der Waals surface area contributed by atoms with Crippen molar-refractivity contribution in [3.8, 4) is 0 Å². The lowest BCUT2D eigenvalue weighted by Gasteiger charge is -1.99. The quantitative estimate of drug-likeness (QED) is 0.271. The molecule has 100 valence electrons. The van der Waals surface area contributed by atoms with Gasteiger partial charge in [-0.05, 0) is 28.9 Å². The molecule has 0 saturated heterocycles. The van der Waals surface area contributed by atoms with Crippen molar-refractivity contribution in [2.75, 3.05) is 11.7 Å². The molecule has 1 aromatic heterocycles. The number of rotatable bonds is 7. The Morgan fingerprint density at radius 3 is 2.94 bits per heavy atom. The topological polar surface area (TPSA) is 93.5 Å². The lowest BCUT2D eigenvalue weighted by atomic mass is 10.4. The zero-order valence-electron chi connectivity index (χ0n) is 9.17. The van der Waals surface area contributed by atoms with E-state index in [-0.39, 0.29) is 16.7 Å². The summed E-state index contributed by atoms with van der Waals surface area (Å²) in [5.41, 5.74) is -0.0632. The summed E-state index contributed by atoms with van der Waals surface area (Å²) in [4.78, 5) is 19.5. The maximum Gasteiger partial charge on any atom is 0.345 e. The van der Waals surface area contributed by atoms with Crippen molar-refractivity contribution in [3.05, 3.63) is 5.82 Å². The van der Waals surface area contributed by atoms with Crippen LogP contribution in [0.1, 0.15) is 19.2 Å². The predicted molar refractivity (Wildman–Crippen MR) is 71.7 cm³/mol. The van der Waals surface area contributed by atoms with Gasteiger partial charge in [0.15, 0.2) is 17.8 Å². The van der Waals surface area contributed by atoms with Crippen LogP contribution in [0.25, 0.3) is 0 Å². The lowest BCUT2D eigenvalue weighted by Crippen LogP contribution is -2.06. The lowest BCUT2D eigenvalue weighted by molar-refractivity contribution is -0.102. The van der Waals surface area contributed by atoms with E-state index in [1.54, 1.807) is 0 Å². The van der Waals surface area contributed by atoms with Crippen LogP contribution in [0.4, 0.5) is 5.13 Å². The highest BCUT2D eigenvalue weighted by Crippen LogP contribution is 2.55. The molecule has 0 fully saturated rings. The average molecular weight is 331 g/mol. The van der Waals surface area contributed by atoms with Crippen molar-refractivity contribution >= 4 is 57.1 Å². The molecule has 0 amide bonds. The van der Waals surface area contributed by atoms with E-state index in [1.165, 1.54) is 0 Å².